The highest BCUT2D eigenvalue weighted by molar-refractivity contribution is 8.93. The smallest absolute Gasteiger partial charge is 0.326 e. The number of nitrogens with one attached hydrogen (secondary N) is 3. The van der Waals surface area contributed by atoms with Crippen molar-refractivity contribution in [1.29, 1.82) is 0 Å². The second-order valence-electron chi connectivity index (χ2n) is 11.8. The van der Waals surface area contributed by atoms with E-state index in [9.17, 15) is 4.57 Å². The van der Waals surface area contributed by atoms with Crippen LogP contribution in [-0.4, -0.2) is 95.8 Å². The maximum absolute atomic E-state index is 11.2. The molecule has 0 amide bonds. The number of hydrogen-bond donors (Lipinski definition) is 6. The Bertz CT molecular complexity index is 904. The van der Waals surface area contributed by atoms with Gasteiger partial charge < -0.3 is 36.4 Å². The van der Waals surface area contributed by atoms with Crippen LogP contribution in [0, 0.1) is 11.8 Å². The number of nitrogens with two attached hydrogens (primary N) is 1. The van der Waals surface area contributed by atoms with Crippen LogP contribution < -0.4 is 26.6 Å². The largest absolute Gasteiger partial charge is 0.383 e. The molecule has 0 spiro atoms. The third-order valence-electron chi connectivity index (χ3n) is 8.65. The van der Waals surface area contributed by atoms with Crippen molar-refractivity contribution in [2.45, 2.75) is 77.7 Å². The third kappa shape index (κ3) is 13.4. The highest BCUT2D eigenvalue weighted by Crippen LogP contribution is 2.34. The summed E-state index contributed by atoms with van der Waals surface area (Å²) in [6, 6.07) is 2.57. The standard InChI is InChI=1S/C27H51N8O3P.CH4.BrH/c28-25-19-26(35-15-13-34(14-16-35)17-18-39(36,37)38)33-27(32-25)31-21-23-9-7-22(8-10-23)20-29-11-4-12-30-24-5-2-1-3-6-24;;/h19,22-24,29-30H,1-18,20-21H2,(H2,36,37,38)(H3,28,31,32,33);1H4;1H. The highest BCUT2D eigenvalue weighted by atomic mass is 79.9. The number of aromatic nitrogens is 2. The van der Waals surface area contributed by atoms with Gasteiger partial charge in [-0.15, -0.1) is 17.0 Å². The maximum Gasteiger partial charge on any atom is 0.326 e. The van der Waals surface area contributed by atoms with Crippen molar-refractivity contribution in [3.8, 4) is 0 Å². The lowest BCUT2D eigenvalue weighted by atomic mass is 9.82. The molecule has 0 radical (unpaired) electrons. The molecule has 4 rings (SSSR count). The van der Waals surface area contributed by atoms with E-state index in [2.05, 4.69) is 30.7 Å². The first-order chi connectivity index (χ1) is 18.8. The minimum absolute atomic E-state index is 0. The Morgan fingerprint density at radius 3 is 2.24 bits per heavy atom. The fourth-order valence-electron chi connectivity index (χ4n) is 6.17. The normalized spacial score (nSPS) is 22.5. The molecule has 41 heavy (non-hydrogen) atoms. The zero-order valence-corrected chi connectivity index (χ0v) is 26.6. The average molecular weight is 664 g/mol. The number of rotatable bonds is 14. The van der Waals surface area contributed by atoms with E-state index in [4.69, 9.17) is 20.5 Å². The molecule has 1 aromatic heterocycles. The van der Waals surface area contributed by atoms with Gasteiger partial charge in [0.1, 0.15) is 11.6 Å². The van der Waals surface area contributed by atoms with Crippen LogP contribution in [0.3, 0.4) is 0 Å². The SMILES string of the molecule is Br.C.Nc1cc(N2CCN(CCP(=O)(O)O)CC2)nc(NCC2CCC(CNCCCNC3CCCCC3)CC2)n1. The van der Waals surface area contributed by atoms with Gasteiger partial charge in [0.25, 0.3) is 0 Å². The lowest BCUT2D eigenvalue weighted by Crippen LogP contribution is -2.47. The molecule has 1 aromatic rings. The van der Waals surface area contributed by atoms with E-state index in [1.807, 2.05) is 0 Å². The number of piperazine rings is 1. The van der Waals surface area contributed by atoms with Gasteiger partial charge in [0.05, 0.1) is 6.16 Å². The summed E-state index contributed by atoms with van der Waals surface area (Å²) < 4.78 is 11.2. The number of hydrogen-bond acceptors (Lipinski definition) is 9. The van der Waals surface area contributed by atoms with Crippen LogP contribution in [0.5, 0.6) is 0 Å². The van der Waals surface area contributed by atoms with Crippen molar-refractivity contribution >= 4 is 42.2 Å². The molecule has 3 aliphatic rings. The molecule has 0 atom stereocenters. The van der Waals surface area contributed by atoms with Crippen LogP contribution in [0.1, 0.15) is 71.6 Å². The quantitative estimate of drug-likeness (QED) is 0.128. The van der Waals surface area contributed by atoms with Gasteiger partial charge in [0.15, 0.2) is 0 Å². The molecule has 3 fully saturated rings. The number of nitrogen functional groups attached to an aromatic ring is 1. The molecule has 11 nitrogen and oxygen atoms in total. The molecule has 2 heterocycles. The van der Waals surface area contributed by atoms with Gasteiger partial charge >= 0.3 is 7.60 Å². The summed E-state index contributed by atoms with van der Waals surface area (Å²) in [5, 5.41) is 10.9. The van der Waals surface area contributed by atoms with Crippen molar-refractivity contribution < 1.29 is 14.4 Å². The number of halogens is 1. The summed E-state index contributed by atoms with van der Waals surface area (Å²) in [6.07, 6.45) is 13.0. The van der Waals surface area contributed by atoms with Crippen LogP contribution in [0.2, 0.25) is 0 Å². The fraction of sp³-hybridized carbons (Fsp3) is 0.857. The van der Waals surface area contributed by atoms with Crippen molar-refractivity contribution in [3.63, 3.8) is 0 Å². The Kier molecular flexibility index (Phi) is 16.4. The van der Waals surface area contributed by atoms with Crippen molar-refractivity contribution in [2.24, 2.45) is 11.8 Å². The second kappa shape index (κ2) is 18.6. The van der Waals surface area contributed by atoms with Gasteiger partial charge in [0, 0.05) is 51.4 Å². The van der Waals surface area contributed by atoms with E-state index in [0.29, 0.717) is 24.2 Å². The molecule has 1 aliphatic heterocycles. The summed E-state index contributed by atoms with van der Waals surface area (Å²) in [5.74, 6) is 3.26. The van der Waals surface area contributed by atoms with Crippen LogP contribution in [0.25, 0.3) is 0 Å². The van der Waals surface area contributed by atoms with E-state index >= 15 is 0 Å². The Morgan fingerprint density at radius 1 is 0.927 bits per heavy atom. The van der Waals surface area contributed by atoms with Crippen LogP contribution in [0.15, 0.2) is 6.07 Å². The van der Waals surface area contributed by atoms with E-state index in [0.717, 1.165) is 70.1 Å². The zero-order chi connectivity index (χ0) is 27.5. The van der Waals surface area contributed by atoms with Gasteiger partial charge in [-0.2, -0.15) is 9.97 Å². The first-order valence-corrected chi connectivity index (χ1v) is 17.0. The lowest BCUT2D eigenvalue weighted by Gasteiger charge is -2.35. The molecule has 1 saturated heterocycles. The minimum atomic E-state index is -3.96. The van der Waals surface area contributed by atoms with E-state index in [1.54, 1.807) is 6.07 Å². The Hall–Kier alpha value is -1.01. The van der Waals surface area contributed by atoms with Gasteiger partial charge in [0.2, 0.25) is 5.95 Å². The summed E-state index contributed by atoms with van der Waals surface area (Å²) in [6.45, 7) is 7.62. The highest BCUT2D eigenvalue weighted by Gasteiger charge is 2.23. The van der Waals surface area contributed by atoms with Gasteiger partial charge in [-0.3, -0.25) is 9.46 Å². The van der Waals surface area contributed by atoms with Gasteiger partial charge in [-0.05, 0) is 76.4 Å². The average Bonchev–Trinajstić information content (AvgIpc) is 2.93. The molecule has 13 heteroatoms. The Labute approximate surface area is 258 Å². The van der Waals surface area contributed by atoms with Crippen LogP contribution in [0.4, 0.5) is 17.6 Å². The lowest BCUT2D eigenvalue weighted by molar-refractivity contribution is 0.263. The fourth-order valence-corrected chi connectivity index (χ4v) is 6.72. The first-order valence-electron chi connectivity index (χ1n) is 15.2. The summed E-state index contributed by atoms with van der Waals surface area (Å²) in [7, 11) is -3.96. The predicted octanol–water partition coefficient (Wildman–Crippen LogP) is 3.69. The molecule has 2 saturated carbocycles. The minimum Gasteiger partial charge on any atom is -0.383 e. The van der Waals surface area contributed by atoms with E-state index in [-0.39, 0.29) is 30.6 Å². The molecular weight excluding hydrogens is 607 g/mol. The summed E-state index contributed by atoms with van der Waals surface area (Å²) in [5.41, 5.74) is 6.10. The van der Waals surface area contributed by atoms with Gasteiger partial charge in [-0.25, -0.2) is 0 Å². The summed E-state index contributed by atoms with van der Waals surface area (Å²) in [4.78, 5) is 31.6. The third-order valence-corrected chi connectivity index (χ3v) is 9.44. The van der Waals surface area contributed by atoms with Crippen LogP contribution in [-0.2, 0) is 4.57 Å². The first kappa shape index (κ1) is 36.2. The van der Waals surface area contributed by atoms with Crippen molar-refractivity contribution in [3.05, 3.63) is 6.07 Å². The van der Waals surface area contributed by atoms with Gasteiger partial charge in [-0.1, -0.05) is 26.7 Å². The topological polar surface area (TPSA) is 152 Å². The molecular formula is C28H56BrN8O3P. The van der Waals surface area contributed by atoms with Crippen molar-refractivity contribution in [2.75, 3.05) is 81.0 Å². The second-order valence-corrected chi connectivity index (χ2v) is 13.6. The summed E-state index contributed by atoms with van der Waals surface area (Å²) >= 11 is 0. The maximum atomic E-state index is 11.2. The molecule has 238 valence electrons. The molecule has 7 N–H and O–H groups in total. The van der Waals surface area contributed by atoms with E-state index < -0.39 is 7.60 Å². The number of nitrogens with zero attached hydrogens (tertiary/aromatic N) is 4. The molecule has 0 aromatic carbocycles. The monoisotopic (exact) mass is 662 g/mol. The number of anilines is 3. The van der Waals surface area contributed by atoms with E-state index in [1.165, 1.54) is 64.2 Å². The molecule has 0 unspecified atom stereocenters. The molecule has 0 bridgehead atoms. The Balaban J connectivity index is 0.00000294. The van der Waals surface area contributed by atoms with Crippen molar-refractivity contribution in [1.82, 2.24) is 25.5 Å². The molecule has 2 aliphatic carbocycles. The zero-order valence-electron chi connectivity index (χ0n) is 24.0. The Morgan fingerprint density at radius 2 is 1.59 bits per heavy atom. The predicted molar refractivity (Wildman–Crippen MR) is 175 cm³/mol. The van der Waals surface area contributed by atoms with Crippen LogP contribution >= 0.6 is 24.6 Å².